The normalized spacial score (nSPS) is 21.2. The van der Waals surface area contributed by atoms with E-state index in [-0.39, 0.29) is 5.82 Å². The smallest absolute Gasteiger partial charge is 0.128 e. The molecule has 2 N–H and O–H groups in total. The number of fused-ring (bicyclic) bond motifs is 1. The predicted molar refractivity (Wildman–Crippen MR) is 96.6 cm³/mol. The topological polar surface area (TPSA) is 30.9 Å². The second-order valence-electron chi connectivity index (χ2n) is 6.94. The lowest BCUT2D eigenvalue weighted by Gasteiger charge is -2.26. The average molecular weight is 322 g/mol. The quantitative estimate of drug-likeness (QED) is 0.737. The molecule has 0 aliphatic heterocycles. The van der Waals surface area contributed by atoms with Gasteiger partial charge in [-0.3, -0.25) is 0 Å². The van der Waals surface area contributed by atoms with E-state index in [1.54, 1.807) is 6.07 Å². The monoisotopic (exact) mass is 322 g/mol. The van der Waals surface area contributed by atoms with Gasteiger partial charge >= 0.3 is 0 Å². The van der Waals surface area contributed by atoms with Crippen molar-refractivity contribution in [2.24, 2.45) is 5.73 Å². The largest absolute Gasteiger partial charge is 0.343 e. The molecule has 2 aromatic carbocycles. The Morgan fingerprint density at radius 2 is 1.83 bits per heavy atom. The molecular weight excluding hydrogens is 299 g/mol. The molecule has 2 nitrogen and oxygen atoms in total. The summed E-state index contributed by atoms with van der Waals surface area (Å²) in [4.78, 5) is 0. The molecular formula is C21H23FN2. The first-order chi connectivity index (χ1) is 11.7. The number of aromatic nitrogens is 1. The van der Waals surface area contributed by atoms with Crippen molar-refractivity contribution in [2.45, 2.75) is 44.2 Å². The maximum Gasteiger partial charge on any atom is 0.128 e. The van der Waals surface area contributed by atoms with E-state index in [0.29, 0.717) is 18.5 Å². The van der Waals surface area contributed by atoms with Gasteiger partial charge < -0.3 is 10.3 Å². The fraction of sp³-hybridized carbons (Fsp3) is 0.333. The highest BCUT2D eigenvalue weighted by Crippen LogP contribution is 2.37. The van der Waals surface area contributed by atoms with Crippen LogP contribution in [0.15, 0.2) is 54.7 Å². The van der Waals surface area contributed by atoms with Crippen molar-refractivity contribution in [1.29, 1.82) is 0 Å². The number of hydrogen-bond acceptors (Lipinski definition) is 1. The summed E-state index contributed by atoms with van der Waals surface area (Å²) in [6.07, 6.45) is 6.79. The van der Waals surface area contributed by atoms with Crippen LogP contribution >= 0.6 is 0 Å². The van der Waals surface area contributed by atoms with Gasteiger partial charge in [-0.15, -0.1) is 0 Å². The van der Waals surface area contributed by atoms with Gasteiger partial charge in [-0.1, -0.05) is 42.8 Å². The molecule has 1 fully saturated rings. The van der Waals surface area contributed by atoms with Gasteiger partial charge in [0.1, 0.15) is 5.82 Å². The molecule has 0 radical (unpaired) electrons. The molecule has 4 rings (SSSR count). The first-order valence-corrected chi connectivity index (χ1v) is 8.79. The van der Waals surface area contributed by atoms with Crippen molar-refractivity contribution in [1.82, 2.24) is 4.57 Å². The minimum atomic E-state index is -0.142. The number of rotatable bonds is 3. The molecule has 1 saturated carbocycles. The van der Waals surface area contributed by atoms with Crippen LogP contribution in [0.4, 0.5) is 4.39 Å². The van der Waals surface area contributed by atoms with Crippen LogP contribution < -0.4 is 5.73 Å². The molecule has 1 aliphatic carbocycles. The molecule has 3 heteroatoms. The molecule has 124 valence electrons. The minimum absolute atomic E-state index is 0.142. The Morgan fingerprint density at radius 3 is 2.67 bits per heavy atom. The molecule has 0 bridgehead atoms. The highest BCUT2D eigenvalue weighted by Gasteiger charge is 2.24. The summed E-state index contributed by atoms with van der Waals surface area (Å²) in [5, 5.41) is 1.29. The third kappa shape index (κ3) is 2.84. The van der Waals surface area contributed by atoms with E-state index in [0.717, 1.165) is 18.4 Å². The highest BCUT2D eigenvalue weighted by atomic mass is 19.1. The van der Waals surface area contributed by atoms with Crippen molar-refractivity contribution in [2.75, 3.05) is 0 Å². The van der Waals surface area contributed by atoms with Gasteiger partial charge in [0.25, 0.3) is 0 Å². The van der Waals surface area contributed by atoms with Crippen LogP contribution in [0.25, 0.3) is 10.9 Å². The zero-order valence-electron chi connectivity index (χ0n) is 13.8. The number of nitrogens with two attached hydrogens (primary N) is 1. The zero-order chi connectivity index (χ0) is 16.5. The third-order valence-electron chi connectivity index (χ3n) is 5.27. The predicted octanol–water partition coefficient (Wildman–Crippen LogP) is 4.81. The Morgan fingerprint density at radius 1 is 1.04 bits per heavy atom. The summed E-state index contributed by atoms with van der Waals surface area (Å²) in [6.45, 7) is 0.561. The number of para-hydroxylation sites is 1. The maximum absolute atomic E-state index is 14.1. The van der Waals surface area contributed by atoms with E-state index in [1.807, 2.05) is 12.1 Å². The first-order valence-electron chi connectivity index (χ1n) is 8.79. The number of benzene rings is 2. The molecule has 1 aromatic heterocycles. The van der Waals surface area contributed by atoms with Gasteiger partial charge in [0.15, 0.2) is 0 Å². The molecule has 0 saturated heterocycles. The number of nitrogens with zero attached hydrogens (tertiary/aromatic N) is 1. The van der Waals surface area contributed by atoms with Crippen molar-refractivity contribution >= 4 is 10.9 Å². The van der Waals surface area contributed by atoms with Crippen LogP contribution in [-0.4, -0.2) is 10.6 Å². The van der Waals surface area contributed by atoms with Crippen molar-refractivity contribution in [3.63, 3.8) is 0 Å². The van der Waals surface area contributed by atoms with Crippen LogP contribution in [0.5, 0.6) is 0 Å². The Hall–Kier alpha value is -2.13. The Bertz CT molecular complexity index is 852. The fourth-order valence-electron chi connectivity index (χ4n) is 4.05. The first kappa shape index (κ1) is 15.4. The summed E-state index contributed by atoms with van der Waals surface area (Å²) in [5.74, 6) is 0.372. The molecule has 1 aliphatic rings. The molecule has 2 atom stereocenters. The van der Waals surface area contributed by atoms with Gasteiger partial charge in [-0.2, -0.15) is 0 Å². The van der Waals surface area contributed by atoms with Crippen LogP contribution in [0.3, 0.4) is 0 Å². The molecule has 1 heterocycles. The van der Waals surface area contributed by atoms with Gasteiger partial charge in [-0.25, -0.2) is 4.39 Å². The lowest BCUT2D eigenvalue weighted by Crippen LogP contribution is -2.26. The Kier molecular flexibility index (Phi) is 4.11. The molecule has 2 unspecified atom stereocenters. The fourth-order valence-corrected chi connectivity index (χ4v) is 4.05. The number of halogens is 1. The maximum atomic E-state index is 14.1. The lowest BCUT2D eigenvalue weighted by atomic mass is 9.81. The van der Waals surface area contributed by atoms with Crippen LogP contribution in [0, 0.1) is 5.82 Å². The summed E-state index contributed by atoms with van der Waals surface area (Å²) < 4.78 is 16.2. The second-order valence-corrected chi connectivity index (χ2v) is 6.94. The minimum Gasteiger partial charge on any atom is -0.343 e. The highest BCUT2D eigenvalue weighted by molar-refractivity contribution is 5.84. The SMILES string of the molecule is NC1CCCC(c2cn(Cc3ccccc3F)c3ccccc23)C1. The van der Waals surface area contributed by atoms with E-state index in [4.69, 9.17) is 5.73 Å². The Balaban J connectivity index is 1.75. The van der Waals surface area contributed by atoms with Crippen molar-refractivity contribution < 1.29 is 4.39 Å². The van der Waals surface area contributed by atoms with Gasteiger partial charge in [0.2, 0.25) is 0 Å². The molecule has 3 aromatic rings. The molecule has 24 heavy (non-hydrogen) atoms. The van der Waals surface area contributed by atoms with E-state index in [1.165, 1.54) is 35.4 Å². The molecule has 0 amide bonds. The Labute approximate surface area is 142 Å². The summed E-state index contributed by atoms with van der Waals surface area (Å²) >= 11 is 0. The van der Waals surface area contributed by atoms with Crippen molar-refractivity contribution in [3.8, 4) is 0 Å². The van der Waals surface area contributed by atoms with Crippen molar-refractivity contribution in [3.05, 3.63) is 71.7 Å². The third-order valence-corrected chi connectivity index (χ3v) is 5.27. The summed E-state index contributed by atoms with van der Waals surface area (Å²) in [7, 11) is 0. The van der Waals surface area contributed by atoms with E-state index in [9.17, 15) is 4.39 Å². The van der Waals surface area contributed by atoms with E-state index >= 15 is 0 Å². The average Bonchev–Trinajstić information content (AvgIpc) is 2.96. The standard InChI is InChI=1S/C21H23FN2/c22-20-10-3-1-6-16(20)13-24-14-19(15-7-5-8-17(23)12-15)18-9-2-4-11-21(18)24/h1-4,6,9-11,14-15,17H,5,7-8,12-13,23H2. The van der Waals surface area contributed by atoms with E-state index < -0.39 is 0 Å². The van der Waals surface area contributed by atoms with E-state index in [2.05, 4.69) is 35.0 Å². The van der Waals surface area contributed by atoms with Gasteiger partial charge in [0, 0.05) is 28.7 Å². The van der Waals surface area contributed by atoms with Gasteiger partial charge in [-0.05, 0) is 42.9 Å². The zero-order valence-corrected chi connectivity index (χ0v) is 13.8. The van der Waals surface area contributed by atoms with Crippen LogP contribution in [0.2, 0.25) is 0 Å². The summed E-state index contributed by atoms with van der Waals surface area (Å²) in [5.41, 5.74) is 9.48. The summed E-state index contributed by atoms with van der Waals surface area (Å²) in [6, 6.07) is 15.8. The van der Waals surface area contributed by atoms with Crippen LogP contribution in [0.1, 0.15) is 42.7 Å². The van der Waals surface area contributed by atoms with Crippen LogP contribution in [-0.2, 0) is 6.54 Å². The molecule has 0 spiro atoms. The second kappa shape index (κ2) is 6.40. The lowest BCUT2D eigenvalue weighted by molar-refractivity contribution is 0.394. The number of hydrogen-bond donors (Lipinski definition) is 1. The van der Waals surface area contributed by atoms with Gasteiger partial charge in [0.05, 0.1) is 6.54 Å².